The van der Waals surface area contributed by atoms with Gasteiger partial charge in [-0.3, -0.25) is 0 Å². The lowest BCUT2D eigenvalue weighted by molar-refractivity contribution is 0.302. The summed E-state index contributed by atoms with van der Waals surface area (Å²) in [5.74, 6) is 2.67. The Bertz CT molecular complexity index is 846. The van der Waals surface area contributed by atoms with Crippen LogP contribution in [-0.4, -0.2) is 0 Å². The van der Waals surface area contributed by atoms with Gasteiger partial charge in [-0.25, -0.2) is 0 Å². The van der Waals surface area contributed by atoms with E-state index in [1.165, 1.54) is 107 Å². The molecule has 0 heteroatoms. The Balaban J connectivity index is 1.27. The van der Waals surface area contributed by atoms with Gasteiger partial charge in [0.2, 0.25) is 0 Å². The second kappa shape index (κ2) is 12.6. The minimum Gasteiger partial charge on any atom is -0.0804 e. The van der Waals surface area contributed by atoms with Crippen molar-refractivity contribution >= 4 is 5.57 Å². The fourth-order valence-electron chi connectivity index (χ4n) is 6.17. The smallest absolute Gasteiger partial charge is 0.0162 e. The molecule has 1 unspecified atom stereocenters. The molecule has 1 atom stereocenters. The number of hydrogen-bond acceptors (Lipinski definition) is 0. The molecule has 2 aromatic carbocycles. The molecule has 0 spiro atoms. The van der Waals surface area contributed by atoms with E-state index in [4.69, 9.17) is 0 Å². The quantitative estimate of drug-likeness (QED) is 0.321. The van der Waals surface area contributed by atoms with Gasteiger partial charge in [-0.15, -0.1) is 0 Å². The molecule has 0 heterocycles. The summed E-state index contributed by atoms with van der Waals surface area (Å²) in [5.41, 5.74) is 7.24. The predicted octanol–water partition coefficient (Wildman–Crippen LogP) is 10.6. The van der Waals surface area contributed by atoms with Crippen molar-refractivity contribution in [2.45, 2.75) is 110 Å². The van der Waals surface area contributed by atoms with E-state index in [9.17, 15) is 0 Å². The van der Waals surface area contributed by atoms with Crippen molar-refractivity contribution in [3.8, 4) is 11.1 Å². The van der Waals surface area contributed by atoms with E-state index in [0.29, 0.717) is 0 Å². The fraction of sp³-hybridized carbons (Fsp3) is 0.576. The molecular formula is C33H46. The standard InChI is InChI=1S/C33H46/c1-3-5-6-7-8-9-27-12-16-29(17-13-27)31-20-24-33(25-21-31)32-22-18-30(19-23-32)28-14-10-26(4-2)11-15-28/h14,18-27,29H,3-13,15-17H2,1-2H3. The Morgan fingerprint density at radius 3 is 1.88 bits per heavy atom. The molecule has 0 bridgehead atoms. The number of unbranched alkanes of at least 4 members (excludes halogenated alkanes) is 4. The molecule has 0 N–H and O–H groups in total. The van der Waals surface area contributed by atoms with E-state index in [-0.39, 0.29) is 0 Å². The molecule has 1 fully saturated rings. The number of rotatable bonds is 10. The van der Waals surface area contributed by atoms with Crippen molar-refractivity contribution in [1.29, 1.82) is 0 Å². The first kappa shape index (κ1) is 24.3. The predicted molar refractivity (Wildman–Crippen MR) is 146 cm³/mol. The van der Waals surface area contributed by atoms with Gasteiger partial charge in [0.05, 0.1) is 0 Å². The maximum Gasteiger partial charge on any atom is -0.0162 e. The highest BCUT2D eigenvalue weighted by molar-refractivity contribution is 5.71. The van der Waals surface area contributed by atoms with E-state index in [1.807, 2.05) is 0 Å². The molecule has 0 aliphatic heterocycles. The third kappa shape index (κ3) is 6.84. The van der Waals surface area contributed by atoms with E-state index in [1.54, 1.807) is 11.1 Å². The summed E-state index contributed by atoms with van der Waals surface area (Å²) in [6.45, 7) is 4.63. The van der Waals surface area contributed by atoms with Crippen LogP contribution in [0.2, 0.25) is 0 Å². The third-order valence-electron chi connectivity index (χ3n) is 8.63. The molecule has 33 heavy (non-hydrogen) atoms. The zero-order valence-electron chi connectivity index (χ0n) is 21.3. The molecule has 0 saturated heterocycles. The molecule has 2 aliphatic rings. The van der Waals surface area contributed by atoms with Crippen LogP contribution in [0.15, 0.2) is 54.6 Å². The van der Waals surface area contributed by atoms with E-state index in [0.717, 1.165) is 17.8 Å². The van der Waals surface area contributed by atoms with Crippen LogP contribution in [0.4, 0.5) is 0 Å². The highest BCUT2D eigenvalue weighted by atomic mass is 14.3. The second-order valence-electron chi connectivity index (χ2n) is 10.9. The highest BCUT2D eigenvalue weighted by Crippen LogP contribution is 2.38. The first-order valence-electron chi connectivity index (χ1n) is 14.2. The third-order valence-corrected chi connectivity index (χ3v) is 8.63. The minimum atomic E-state index is 0.781. The molecule has 0 amide bonds. The van der Waals surface area contributed by atoms with E-state index >= 15 is 0 Å². The van der Waals surface area contributed by atoms with Crippen LogP contribution in [0.25, 0.3) is 16.7 Å². The largest absolute Gasteiger partial charge is 0.0804 e. The topological polar surface area (TPSA) is 0 Å². The first-order chi connectivity index (χ1) is 16.3. The number of hydrogen-bond donors (Lipinski definition) is 0. The number of benzene rings is 2. The average molecular weight is 443 g/mol. The summed E-state index contributed by atoms with van der Waals surface area (Å²) in [6.07, 6.45) is 21.9. The Morgan fingerprint density at radius 1 is 0.636 bits per heavy atom. The van der Waals surface area contributed by atoms with Gasteiger partial charge in [-0.05, 0) is 90.5 Å². The van der Waals surface area contributed by atoms with Crippen molar-refractivity contribution in [3.63, 3.8) is 0 Å². The lowest BCUT2D eigenvalue weighted by atomic mass is 9.77. The van der Waals surface area contributed by atoms with Gasteiger partial charge in [0.25, 0.3) is 0 Å². The van der Waals surface area contributed by atoms with Crippen molar-refractivity contribution in [2.24, 2.45) is 11.8 Å². The fourth-order valence-corrected chi connectivity index (χ4v) is 6.17. The molecule has 2 aliphatic carbocycles. The van der Waals surface area contributed by atoms with Crippen LogP contribution < -0.4 is 0 Å². The average Bonchev–Trinajstić information content (AvgIpc) is 2.89. The number of allylic oxidation sites excluding steroid dienone is 2. The van der Waals surface area contributed by atoms with Crippen molar-refractivity contribution < 1.29 is 0 Å². The lowest BCUT2D eigenvalue weighted by Crippen LogP contribution is -2.13. The van der Waals surface area contributed by atoms with Gasteiger partial charge in [0.15, 0.2) is 0 Å². The van der Waals surface area contributed by atoms with Crippen LogP contribution in [0.3, 0.4) is 0 Å². The van der Waals surface area contributed by atoms with Gasteiger partial charge in [0.1, 0.15) is 0 Å². The molecule has 2 aromatic rings. The summed E-state index contributed by atoms with van der Waals surface area (Å²) in [4.78, 5) is 0. The molecule has 4 rings (SSSR count). The van der Waals surface area contributed by atoms with Gasteiger partial charge in [0, 0.05) is 0 Å². The molecule has 178 valence electrons. The van der Waals surface area contributed by atoms with Gasteiger partial charge in [-0.1, -0.05) is 113 Å². The normalized spacial score (nSPS) is 23.3. The van der Waals surface area contributed by atoms with Crippen LogP contribution in [0.5, 0.6) is 0 Å². The van der Waals surface area contributed by atoms with Crippen molar-refractivity contribution in [1.82, 2.24) is 0 Å². The van der Waals surface area contributed by atoms with Crippen LogP contribution in [0, 0.1) is 11.8 Å². The lowest BCUT2D eigenvalue weighted by Gasteiger charge is -2.29. The van der Waals surface area contributed by atoms with Gasteiger partial charge >= 0.3 is 0 Å². The van der Waals surface area contributed by atoms with Crippen LogP contribution in [0.1, 0.15) is 121 Å². The minimum absolute atomic E-state index is 0.781. The van der Waals surface area contributed by atoms with Crippen molar-refractivity contribution in [3.05, 3.63) is 65.7 Å². The highest BCUT2D eigenvalue weighted by Gasteiger charge is 2.22. The van der Waals surface area contributed by atoms with Gasteiger partial charge < -0.3 is 0 Å². The maximum absolute atomic E-state index is 2.49. The zero-order chi connectivity index (χ0) is 22.9. The van der Waals surface area contributed by atoms with Crippen LogP contribution >= 0.6 is 0 Å². The Hall–Kier alpha value is -1.82. The Labute approximate surface area is 203 Å². The van der Waals surface area contributed by atoms with Crippen molar-refractivity contribution in [2.75, 3.05) is 0 Å². The summed E-state index contributed by atoms with van der Waals surface area (Å²) in [6, 6.07) is 18.9. The second-order valence-corrected chi connectivity index (χ2v) is 10.9. The molecule has 0 nitrogen and oxygen atoms in total. The van der Waals surface area contributed by atoms with Crippen LogP contribution in [-0.2, 0) is 0 Å². The molecular weight excluding hydrogens is 396 g/mol. The maximum atomic E-state index is 2.49. The first-order valence-corrected chi connectivity index (χ1v) is 14.2. The SMILES string of the molecule is CCCCCCCC1CCC(c2ccc(-c3ccc(C4=CCC(CC)CC4)cc3)cc2)CC1. The zero-order valence-corrected chi connectivity index (χ0v) is 21.3. The summed E-state index contributed by atoms with van der Waals surface area (Å²) >= 11 is 0. The molecule has 1 saturated carbocycles. The summed E-state index contributed by atoms with van der Waals surface area (Å²) in [7, 11) is 0. The molecule has 0 aromatic heterocycles. The van der Waals surface area contributed by atoms with Gasteiger partial charge in [-0.2, -0.15) is 0 Å². The monoisotopic (exact) mass is 442 g/mol. The molecule has 0 radical (unpaired) electrons. The van der Waals surface area contributed by atoms with E-state index < -0.39 is 0 Å². The summed E-state index contributed by atoms with van der Waals surface area (Å²) in [5, 5.41) is 0. The van der Waals surface area contributed by atoms with E-state index in [2.05, 4.69) is 68.5 Å². The Kier molecular flexibility index (Phi) is 9.27. The summed E-state index contributed by atoms with van der Waals surface area (Å²) < 4.78 is 0. The Morgan fingerprint density at radius 2 is 1.27 bits per heavy atom.